The lowest BCUT2D eigenvalue weighted by Crippen LogP contribution is -2.66. The average Bonchev–Trinajstić information content (AvgIpc) is 3.56. The smallest absolute Gasteiger partial charge is 0.261 e. The topological polar surface area (TPSA) is 75.7 Å². The van der Waals surface area contributed by atoms with Crippen molar-refractivity contribution in [3.05, 3.63) is 107 Å². The molecule has 0 unspecified atom stereocenters. The van der Waals surface area contributed by atoms with Gasteiger partial charge in [0.2, 0.25) is 5.91 Å². The lowest BCUT2D eigenvalue weighted by Gasteiger charge is -2.43. The molecular formula is C43H58BrNO7Si. The van der Waals surface area contributed by atoms with E-state index in [0.717, 1.165) is 34.2 Å². The summed E-state index contributed by atoms with van der Waals surface area (Å²) in [7, 11) is 2.13. The number of nitrogens with zero attached hydrogens (tertiary/aromatic N) is 1. The zero-order valence-corrected chi connectivity index (χ0v) is 35.1. The first kappa shape index (κ1) is 42.6. The van der Waals surface area contributed by atoms with Crippen LogP contribution in [0.4, 0.5) is 0 Å². The van der Waals surface area contributed by atoms with Crippen LogP contribution in [0.2, 0.25) is 5.04 Å². The van der Waals surface area contributed by atoms with Gasteiger partial charge in [0, 0.05) is 31.8 Å². The Morgan fingerprint density at radius 2 is 1.62 bits per heavy atom. The summed E-state index contributed by atoms with van der Waals surface area (Å²) in [4.78, 5) is 16.8. The number of hydrogen-bond acceptors (Lipinski definition) is 7. The molecule has 0 aromatic heterocycles. The maximum absolute atomic E-state index is 14.9. The molecule has 10 heteroatoms. The maximum atomic E-state index is 14.9. The van der Waals surface area contributed by atoms with Crippen LogP contribution >= 0.6 is 15.9 Å². The van der Waals surface area contributed by atoms with Gasteiger partial charge in [-0.05, 0) is 71.3 Å². The first-order valence-corrected chi connectivity index (χ1v) is 21.1. The molecule has 3 aromatic carbocycles. The van der Waals surface area contributed by atoms with Gasteiger partial charge in [-0.15, -0.1) is 0 Å². The zero-order chi connectivity index (χ0) is 38.4. The van der Waals surface area contributed by atoms with Gasteiger partial charge in [0.15, 0.2) is 0 Å². The Balaban J connectivity index is 1.66. The standard InChI is InChI=1S/C43H58BrNO7Si/c1-32(2)39(20-15-25-52-53(43(3,4)5,37-16-11-9-12-17-37)38-18-13-10-14-19-38)40(23-21-33-26-35(49-8)22-24-41(33)44)42(46)45-28-36(51-31-48-7)27-34(45)29-50-30-47-6/h9-14,16-19,21-24,26,34,36,39-40H,1,15,20,25,27-31H2,2-8H3/b23-21+/t34-,36+,39+,40-/m0/s1. The molecule has 4 atom stereocenters. The predicted octanol–water partition coefficient (Wildman–Crippen LogP) is 7.85. The Bertz CT molecular complexity index is 1570. The Labute approximate surface area is 326 Å². The van der Waals surface area contributed by atoms with E-state index < -0.39 is 14.2 Å². The van der Waals surface area contributed by atoms with E-state index in [4.69, 9.17) is 28.1 Å². The molecule has 3 aromatic rings. The number of methoxy groups -OCH3 is 3. The van der Waals surface area contributed by atoms with Gasteiger partial charge in [0.05, 0.1) is 31.8 Å². The van der Waals surface area contributed by atoms with E-state index in [2.05, 4.69) is 104 Å². The van der Waals surface area contributed by atoms with E-state index in [1.807, 2.05) is 42.2 Å². The van der Waals surface area contributed by atoms with Gasteiger partial charge in [-0.1, -0.05) is 122 Å². The third-order valence-electron chi connectivity index (χ3n) is 10.0. The summed E-state index contributed by atoms with van der Waals surface area (Å²) in [6, 6.07) is 27.0. The lowest BCUT2D eigenvalue weighted by atomic mass is 9.82. The molecule has 0 radical (unpaired) electrons. The molecule has 1 saturated heterocycles. The Kier molecular flexibility index (Phi) is 16.5. The van der Waals surface area contributed by atoms with E-state index in [9.17, 15) is 4.79 Å². The van der Waals surface area contributed by atoms with E-state index in [0.29, 0.717) is 26.2 Å². The fraction of sp³-hybridized carbons (Fsp3) is 0.465. The second kappa shape index (κ2) is 20.5. The SMILES string of the molecule is C=C(C)[C@@H](CCCO[Si](c1ccccc1)(c1ccccc1)C(C)(C)C)[C@H](/C=C/c1cc(OC)ccc1Br)C(=O)N1C[C@H](OCOC)C[C@H]1COCOC. The number of ether oxygens (including phenoxy) is 5. The third-order valence-corrected chi connectivity index (χ3v) is 15.8. The monoisotopic (exact) mass is 807 g/mol. The Morgan fingerprint density at radius 3 is 2.19 bits per heavy atom. The number of carbonyl (C=O) groups excluding carboxylic acids is 1. The second-order valence-corrected chi connectivity index (χ2v) is 19.9. The van der Waals surface area contributed by atoms with E-state index >= 15 is 0 Å². The van der Waals surface area contributed by atoms with Crippen LogP contribution in [0, 0.1) is 11.8 Å². The molecule has 1 aliphatic heterocycles. The largest absolute Gasteiger partial charge is 0.497 e. The van der Waals surface area contributed by atoms with E-state index in [-0.39, 0.29) is 42.6 Å². The highest BCUT2D eigenvalue weighted by Gasteiger charge is 2.50. The van der Waals surface area contributed by atoms with Crippen molar-refractivity contribution in [1.29, 1.82) is 0 Å². The van der Waals surface area contributed by atoms with E-state index in [1.54, 1.807) is 21.3 Å². The molecule has 1 aliphatic rings. The van der Waals surface area contributed by atoms with Crippen molar-refractivity contribution in [2.24, 2.45) is 11.8 Å². The van der Waals surface area contributed by atoms with Crippen LogP contribution < -0.4 is 15.1 Å². The molecule has 0 saturated carbocycles. The Hall–Kier alpha value is -3.09. The molecule has 0 bridgehead atoms. The van der Waals surface area contributed by atoms with Crippen molar-refractivity contribution in [2.45, 2.75) is 64.1 Å². The summed E-state index contributed by atoms with van der Waals surface area (Å²) in [6.07, 6.45) is 5.98. The van der Waals surface area contributed by atoms with E-state index in [1.165, 1.54) is 10.4 Å². The molecular weight excluding hydrogens is 750 g/mol. The number of carbonyl (C=O) groups is 1. The van der Waals surface area contributed by atoms with Gasteiger partial charge in [-0.2, -0.15) is 0 Å². The predicted molar refractivity (Wildman–Crippen MR) is 219 cm³/mol. The molecule has 0 N–H and O–H groups in total. The summed E-state index contributed by atoms with van der Waals surface area (Å²) in [5.74, 6) is 0.103. The molecule has 1 heterocycles. The number of amides is 1. The van der Waals surface area contributed by atoms with Gasteiger partial charge in [0.25, 0.3) is 8.32 Å². The van der Waals surface area contributed by atoms with Gasteiger partial charge in [-0.25, -0.2) is 0 Å². The number of halogens is 1. The quantitative estimate of drug-likeness (QED) is 0.0499. The summed E-state index contributed by atoms with van der Waals surface area (Å²) in [6.45, 7) is 15.0. The van der Waals surface area contributed by atoms with Crippen LogP contribution in [0.3, 0.4) is 0 Å². The molecule has 53 heavy (non-hydrogen) atoms. The number of allylic oxidation sites excluding steroid dienone is 1. The third kappa shape index (κ3) is 11.0. The Morgan fingerprint density at radius 1 is 0.981 bits per heavy atom. The van der Waals surface area contributed by atoms with Crippen molar-refractivity contribution in [2.75, 3.05) is 54.7 Å². The zero-order valence-electron chi connectivity index (χ0n) is 32.5. The summed E-state index contributed by atoms with van der Waals surface area (Å²) in [5, 5.41) is 2.36. The van der Waals surface area contributed by atoms with Crippen molar-refractivity contribution in [1.82, 2.24) is 4.90 Å². The fourth-order valence-corrected chi connectivity index (χ4v) is 12.4. The van der Waals surface area contributed by atoms with Gasteiger partial charge >= 0.3 is 0 Å². The van der Waals surface area contributed by atoms with Crippen molar-refractivity contribution >= 4 is 46.6 Å². The highest BCUT2D eigenvalue weighted by Crippen LogP contribution is 2.38. The van der Waals surface area contributed by atoms with Crippen LogP contribution in [0.25, 0.3) is 6.08 Å². The normalized spacial score (nSPS) is 17.6. The molecule has 0 aliphatic carbocycles. The highest BCUT2D eigenvalue weighted by atomic mass is 79.9. The van der Waals surface area contributed by atoms with Crippen LogP contribution in [-0.2, 0) is 28.2 Å². The molecule has 4 rings (SSSR count). The fourth-order valence-electron chi connectivity index (χ4n) is 7.44. The minimum absolute atomic E-state index is 0.00991. The molecule has 1 amide bonds. The number of benzene rings is 3. The minimum atomic E-state index is -2.71. The molecule has 288 valence electrons. The second-order valence-electron chi connectivity index (χ2n) is 14.7. The summed E-state index contributed by atoms with van der Waals surface area (Å²) >= 11 is 3.69. The van der Waals surface area contributed by atoms with Crippen LogP contribution in [0.1, 0.15) is 52.5 Å². The average molecular weight is 809 g/mol. The van der Waals surface area contributed by atoms with Gasteiger partial charge in [0.1, 0.15) is 19.3 Å². The first-order valence-electron chi connectivity index (χ1n) is 18.4. The van der Waals surface area contributed by atoms with Crippen LogP contribution in [0.15, 0.2) is 102 Å². The maximum Gasteiger partial charge on any atom is 0.261 e. The van der Waals surface area contributed by atoms with Gasteiger partial charge < -0.3 is 33.0 Å². The molecule has 1 fully saturated rings. The number of rotatable bonds is 20. The number of hydrogen-bond donors (Lipinski definition) is 0. The van der Waals surface area contributed by atoms with Crippen molar-refractivity contribution in [3.8, 4) is 5.75 Å². The minimum Gasteiger partial charge on any atom is -0.497 e. The lowest BCUT2D eigenvalue weighted by molar-refractivity contribution is -0.139. The summed E-state index contributed by atoms with van der Waals surface area (Å²) < 4.78 is 35.8. The first-order chi connectivity index (χ1) is 25.5. The molecule has 8 nitrogen and oxygen atoms in total. The van der Waals surface area contributed by atoms with Crippen molar-refractivity contribution < 1.29 is 32.9 Å². The van der Waals surface area contributed by atoms with Crippen LogP contribution in [0.5, 0.6) is 5.75 Å². The summed E-state index contributed by atoms with van der Waals surface area (Å²) in [5.41, 5.74) is 1.86. The highest BCUT2D eigenvalue weighted by molar-refractivity contribution is 9.10. The van der Waals surface area contributed by atoms with Gasteiger partial charge in [-0.3, -0.25) is 4.79 Å². The van der Waals surface area contributed by atoms with Crippen molar-refractivity contribution in [3.63, 3.8) is 0 Å². The number of likely N-dealkylation sites (tertiary alicyclic amines) is 1. The molecule has 0 spiro atoms. The van der Waals surface area contributed by atoms with Crippen LogP contribution in [-0.4, -0.2) is 85.9 Å².